The zero-order valence-electron chi connectivity index (χ0n) is 8.44. The quantitative estimate of drug-likeness (QED) is 0.487. The number of likely N-dealkylation sites (N-methyl/N-ethyl adjacent to an activating group) is 1. The Morgan fingerprint density at radius 2 is 2.08 bits per heavy atom. The molecule has 0 bridgehead atoms. The van der Waals surface area contributed by atoms with Gasteiger partial charge in [0.15, 0.2) is 0 Å². The predicted molar refractivity (Wildman–Crippen MR) is 56.0 cm³/mol. The second-order valence-electron chi connectivity index (χ2n) is 3.39. The number of rotatable bonds is 7. The largest absolute Gasteiger partial charge is 0.314 e. The molecule has 0 saturated carbocycles. The minimum Gasteiger partial charge on any atom is -0.314 e. The highest BCUT2D eigenvalue weighted by molar-refractivity contribution is 6.20. The number of hydrogen-bond donors (Lipinski definition) is 1. The second kappa shape index (κ2) is 7.84. The highest BCUT2D eigenvalue weighted by Gasteiger charge is 2.01. The summed E-state index contributed by atoms with van der Waals surface area (Å²) in [5, 5.41) is 3.63. The zero-order chi connectivity index (χ0) is 9.40. The smallest absolute Gasteiger partial charge is 0.0460 e. The molecule has 0 rings (SSSR count). The van der Waals surface area contributed by atoms with Crippen molar-refractivity contribution in [2.24, 2.45) is 0 Å². The fraction of sp³-hybridized carbons (Fsp3) is 1.00. The maximum absolute atomic E-state index is 6.02. The molecular formula is C9H21ClN2. The Labute approximate surface area is 81.3 Å². The minimum absolute atomic E-state index is 0.303. The predicted octanol–water partition coefficient (Wildman–Crippen LogP) is 1.55. The van der Waals surface area contributed by atoms with Crippen LogP contribution in [-0.2, 0) is 0 Å². The standard InChI is InChI=1S/C9H21ClN2/c1-4-5-9(10)8-11-6-7-12(2)3/h9,11H,4-8H2,1-3H3. The number of halogens is 1. The lowest BCUT2D eigenvalue weighted by Gasteiger charge is -2.12. The van der Waals surface area contributed by atoms with Gasteiger partial charge in [-0.15, -0.1) is 11.6 Å². The van der Waals surface area contributed by atoms with E-state index in [1.165, 1.54) is 6.42 Å². The number of alkyl halides is 1. The monoisotopic (exact) mass is 192 g/mol. The molecule has 0 aromatic heterocycles. The van der Waals surface area contributed by atoms with Crippen LogP contribution in [0.5, 0.6) is 0 Å². The highest BCUT2D eigenvalue weighted by atomic mass is 35.5. The van der Waals surface area contributed by atoms with Crippen molar-refractivity contribution >= 4 is 11.6 Å². The number of nitrogens with zero attached hydrogens (tertiary/aromatic N) is 1. The average Bonchev–Trinajstić information content (AvgIpc) is 1.98. The van der Waals surface area contributed by atoms with Crippen molar-refractivity contribution in [3.8, 4) is 0 Å². The summed E-state index contributed by atoms with van der Waals surface area (Å²) in [6, 6.07) is 0. The van der Waals surface area contributed by atoms with E-state index in [1.54, 1.807) is 0 Å². The summed E-state index contributed by atoms with van der Waals surface area (Å²) in [5.41, 5.74) is 0. The van der Waals surface area contributed by atoms with E-state index < -0.39 is 0 Å². The summed E-state index contributed by atoms with van der Waals surface area (Å²) < 4.78 is 0. The van der Waals surface area contributed by atoms with E-state index in [1.807, 2.05) is 0 Å². The molecule has 74 valence electrons. The molecule has 0 aliphatic heterocycles. The first-order chi connectivity index (χ1) is 5.66. The van der Waals surface area contributed by atoms with Crippen LogP contribution < -0.4 is 5.32 Å². The van der Waals surface area contributed by atoms with Gasteiger partial charge in [0.1, 0.15) is 0 Å². The fourth-order valence-corrected chi connectivity index (χ4v) is 1.30. The van der Waals surface area contributed by atoms with Gasteiger partial charge in [-0.2, -0.15) is 0 Å². The van der Waals surface area contributed by atoms with E-state index in [2.05, 4.69) is 31.2 Å². The van der Waals surface area contributed by atoms with Crippen LogP contribution in [0.25, 0.3) is 0 Å². The van der Waals surface area contributed by atoms with Gasteiger partial charge in [0.2, 0.25) is 0 Å². The second-order valence-corrected chi connectivity index (χ2v) is 4.01. The lowest BCUT2D eigenvalue weighted by atomic mass is 10.2. The average molecular weight is 193 g/mol. The van der Waals surface area contributed by atoms with Gasteiger partial charge in [0.05, 0.1) is 0 Å². The number of hydrogen-bond acceptors (Lipinski definition) is 2. The molecule has 1 unspecified atom stereocenters. The first-order valence-electron chi connectivity index (χ1n) is 4.66. The van der Waals surface area contributed by atoms with Crippen LogP contribution in [0.2, 0.25) is 0 Å². The summed E-state index contributed by atoms with van der Waals surface area (Å²) in [4.78, 5) is 2.16. The van der Waals surface area contributed by atoms with Crippen molar-refractivity contribution in [1.82, 2.24) is 10.2 Å². The maximum Gasteiger partial charge on any atom is 0.0460 e. The van der Waals surface area contributed by atoms with Gasteiger partial charge in [0, 0.05) is 25.0 Å². The highest BCUT2D eigenvalue weighted by Crippen LogP contribution is 2.02. The fourth-order valence-electron chi connectivity index (χ4n) is 0.977. The maximum atomic E-state index is 6.02. The van der Waals surface area contributed by atoms with Crippen molar-refractivity contribution in [3.05, 3.63) is 0 Å². The van der Waals surface area contributed by atoms with Crippen molar-refractivity contribution in [2.75, 3.05) is 33.7 Å². The zero-order valence-corrected chi connectivity index (χ0v) is 9.19. The van der Waals surface area contributed by atoms with Gasteiger partial charge in [-0.1, -0.05) is 13.3 Å². The third-order valence-electron chi connectivity index (χ3n) is 1.70. The molecule has 1 N–H and O–H groups in total. The van der Waals surface area contributed by atoms with Crippen molar-refractivity contribution in [3.63, 3.8) is 0 Å². The van der Waals surface area contributed by atoms with Crippen LogP contribution in [0, 0.1) is 0 Å². The van der Waals surface area contributed by atoms with E-state index in [0.29, 0.717) is 5.38 Å². The van der Waals surface area contributed by atoms with Crippen LogP contribution in [0.15, 0.2) is 0 Å². The molecule has 0 aromatic rings. The van der Waals surface area contributed by atoms with Crippen LogP contribution in [-0.4, -0.2) is 44.0 Å². The van der Waals surface area contributed by atoms with Crippen molar-refractivity contribution < 1.29 is 0 Å². The third-order valence-corrected chi connectivity index (χ3v) is 2.08. The summed E-state index contributed by atoms with van der Waals surface area (Å²) in [6.45, 7) is 5.20. The van der Waals surface area contributed by atoms with Gasteiger partial charge in [0.25, 0.3) is 0 Å². The Morgan fingerprint density at radius 3 is 2.58 bits per heavy atom. The van der Waals surface area contributed by atoms with Crippen LogP contribution in [0.4, 0.5) is 0 Å². The first-order valence-corrected chi connectivity index (χ1v) is 5.10. The Kier molecular flexibility index (Phi) is 7.98. The molecule has 0 amide bonds. The Balaban J connectivity index is 3.08. The molecule has 0 radical (unpaired) electrons. The Bertz CT molecular complexity index is 96.5. The van der Waals surface area contributed by atoms with Gasteiger partial charge >= 0.3 is 0 Å². The van der Waals surface area contributed by atoms with Gasteiger partial charge < -0.3 is 10.2 Å². The van der Waals surface area contributed by atoms with Gasteiger partial charge in [-0.05, 0) is 20.5 Å². The minimum atomic E-state index is 0.303. The lowest BCUT2D eigenvalue weighted by Crippen LogP contribution is -2.30. The Hall–Kier alpha value is 0.210. The molecule has 2 nitrogen and oxygen atoms in total. The van der Waals surface area contributed by atoms with Crippen LogP contribution in [0.3, 0.4) is 0 Å². The first kappa shape index (κ1) is 12.2. The molecule has 0 aliphatic rings. The molecular weight excluding hydrogens is 172 g/mol. The lowest BCUT2D eigenvalue weighted by molar-refractivity contribution is 0.399. The van der Waals surface area contributed by atoms with E-state index in [-0.39, 0.29) is 0 Å². The van der Waals surface area contributed by atoms with Crippen LogP contribution >= 0.6 is 11.6 Å². The number of nitrogens with one attached hydrogen (secondary N) is 1. The SMILES string of the molecule is CCCC(Cl)CNCCN(C)C. The summed E-state index contributed by atoms with van der Waals surface area (Å²) in [7, 11) is 4.15. The molecule has 3 heteroatoms. The molecule has 0 fully saturated rings. The molecule has 0 saturated heterocycles. The van der Waals surface area contributed by atoms with Gasteiger partial charge in [-0.3, -0.25) is 0 Å². The Morgan fingerprint density at radius 1 is 1.42 bits per heavy atom. The molecule has 0 spiro atoms. The van der Waals surface area contributed by atoms with Crippen molar-refractivity contribution in [1.29, 1.82) is 0 Å². The third kappa shape index (κ3) is 8.31. The van der Waals surface area contributed by atoms with Crippen LogP contribution in [0.1, 0.15) is 19.8 Å². The normalized spacial score (nSPS) is 13.8. The van der Waals surface area contributed by atoms with E-state index in [0.717, 1.165) is 26.1 Å². The van der Waals surface area contributed by atoms with Gasteiger partial charge in [-0.25, -0.2) is 0 Å². The van der Waals surface area contributed by atoms with E-state index in [4.69, 9.17) is 11.6 Å². The summed E-state index contributed by atoms with van der Waals surface area (Å²) in [5.74, 6) is 0. The molecule has 0 heterocycles. The van der Waals surface area contributed by atoms with E-state index in [9.17, 15) is 0 Å². The molecule has 1 atom stereocenters. The van der Waals surface area contributed by atoms with Crippen molar-refractivity contribution in [2.45, 2.75) is 25.1 Å². The summed E-state index contributed by atoms with van der Waals surface area (Å²) >= 11 is 6.02. The molecule has 0 aromatic carbocycles. The molecule has 0 aliphatic carbocycles. The van der Waals surface area contributed by atoms with E-state index >= 15 is 0 Å². The molecule has 12 heavy (non-hydrogen) atoms. The summed E-state index contributed by atoms with van der Waals surface area (Å²) in [6.07, 6.45) is 2.28. The topological polar surface area (TPSA) is 15.3 Å².